The van der Waals surface area contributed by atoms with E-state index in [1.165, 1.54) is 0 Å². The first kappa shape index (κ1) is 18.7. The predicted molar refractivity (Wildman–Crippen MR) is 98.7 cm³/mol. The number of esters is 1. The highest BCUT2D eigenvalue weighted by Gasteiger charge is 2.35. The molecule has 0 saturated heterocycles. The summed E-state index contributed by atoms with van der Waals surface area (Å²) < 4.78 is 10.3. The summed E-state index contributed by atoms with van der Waals surface area (Å²) in [5.41, 5.74) is 2.16. The van der Waals surface area contributed by atoms with Gasteiger partial charge in [0, 0.05) is 23.2 Å². The van der Waals surface area contributed by atoms with E-state index in [0.717, 1.165) is 5.56 Å². The van der Waals surface area contributed by atoms with Gasteiger partial charge in [-0.25, -0.2) is 9.59 Å². The van der Waals surface area contributed by atoms with Gasteiger partial charge >= 0.3 is 12.1 Å². The summed E-state index contributed by atoms with van der Waals surface area (Å²) >= 11 is 0. The lowest BCUT2D eigenvalue weighted by molar-refractivity contribution is 0.0499. The van der Waals surface area contributed by atoms with Crippen LogP contribution in [0.2, 0.25) is 0 Å². The fourth-order valence-electron chi connectivity index (χ4n) is 3.05. The fourth-order valence-corrected chi connectivity index (χ4v) is 3.05. The third kappa shape index (κ3) is 3.58. The summed E-state index contributed by atoms with van der Waals surface area (Å²) in [6, 6.07) is 7.16. The SMILES string of the molecule is CCOC(=O)c1[nH]c2c(c1CNC(=O)OC(C)(C)C)C(=O)c1ccccc1-2. The summed E-state index contributed by atoms with van der Waals surface area (Å²) in [7, 11) is 0. The molecule has 2 N–H and O–H groups in total. The summed E-state index contributed by atoms with van der Waals surface area (Å²) in [5, 5.41) is 2.61. The second kappa shape index (κ2) is 6.90. The number of hydrogen-bond acceptors (Lipinski definition) is 5. The first-order valence-corrected chi connectivity index (χ1v) is 8.75. The van der Waals surface area contributed by atoms with Crippen LogP contribution in [0.25, 0.3) is 11.3 Å². The number of hydrogen-bond donors (Lipinski definition) is 2. The zero-order valence-corrected chi connectivity index (χ0v) is 15.8. The number of amides is 1. The number of nitrogens with one attached hydrogen (secondary N) is 2. The summed E-state index contributed by atoms with van der Waals surface area (Å²) in [6.45, 7) is 7.13. The van der Waals surface area contributed by atoms with Crippen LogP contribution in [-0.4, -0.2) is 35.0 Å². The molecule has 27 heavy (non-hydrogen) atoms. The Kier molecular flexibility index (Phi) is 4.78. The second-order valence-corrected chi connectivity index (χ2v) is 7.18. The minimum Gasteiger partial charge on any atom is -0.461 e. The molecule has 1 aromatic carbocycles. The van der Waals surface area contributed by atoms with Crippen molar-refractivity contribution >= 4 is 17.8 Å². The Morgan fingerprint density at radius 2 is 1.81 bits per heavy atom. The second-order valence-electron chi connectivity index (χ2n) is 7.18. The Balaban J connectivity index is 1.97. The lowest BCUT2D eigenvalue weighted by atomic mass is 10.1. The molecule has 7 nitrogen and oxygen atoms in total. The minimum absolute atomic E-state index is 0.0331. The normalized spacial score (nSPS) is 12.4. The van der Waals surface area contributed by atoms with Crippen molar-refractivity contribution in [2.45, 2.75) is 39.8 Å². The van der Waals surface area contributed by atoms with Gasteiger partial charge in [-0.15, -0.1) is 0 Å². The van der Waals surface area contributed by atoms with Gasteiger partial charge in [-0.05, 0) is 27.7 Å². The quantitative estimate of drug-likeness (QED) is 0.686. The highest BCUT2D eigenvalue weighted by molar-refractivity contribution is 6.23. The van der Waals surface area contributed by atoms with Gasteiger partial charge in [0.1, 0.15) is 11.3 Å². The topological polar surface area (TPSA) is 97.5 Å². The van der Waals surface area contributed by atoms with E-state index in [0.29, 0.717) is 22.4 Å². The number of aromatic nitrogens is 1. The molecule has 142 valence electrons. The molecule has 1 amide bonds. The van der Waals surface area contributed by atoms with Crippen molar-refractivity contribution in [3.05, 3.63) is 46.6 Å². The molecule has 0 fully saturated rings. The maximum Gasteiger partial charge on any atom is 0.407 e. The first-order chi connectivity index (χ1) is 12.7. The average molecular weight is 370 g/mol. The number of benzene rings is 1. The van der Waals surface area contributed by atoms with E-state index in [-0.39, 0.29) is 24.6 Å². The van der Waals surface area contributed by atoms with Crippen LogP contribution in [-0.2, 0) is 16.0 Å². The molecule has 1 heterocycles. The predicted octanol–water partition coefficient (Wildman–Crippen LogP) is 3.43. The number of fused-ring (bicyclic) bond motifs is 3. The molecule has 0 spiro atoms. The van der Waals surface area contributed by atoms with Gasteiger partial charge in [-0.3, -0.25) is 4.79 Å². The standard InChI is InChI=1S/C20H22N2O5/c1-5-26-18(24)16-13(10-21-19(25)27-20(2,3)4)14-15(22-16)11-8-6-7-9-12(11)17(14)23/h6-9,22H,5,10H2,1-4H3,(H,21,25). The maximum atomic E-state index is 12.9. The van der Waals surface area contributed by atoms with Gasteiger partial charge in [0.15, 0.2) is 5.78 Å². The van der Waals surface area contributed by atoms with E-state index in [1.807, 2.05) is 12.1 Å². The van der Waals surface area contributed by atoms with E-state index >= 15 is 0 Å². The van der Waals surface area contributed by atoms with Crippen LogP contribution >= 0.6 is 0 Å². The van der Waals surface area contributed by atoms with Crippen molar-refractivity contribution in [3.8, 4) is 11.3 Å². The first-order valence-electron chi connectivity index (χ1n) is 8.75. The number of rotatable bonds is 4. The molecule has 7 heteroatoms. The van der Waals surface area contributed by atoms with Crippen molar-refractivity contribution in [1.29, 1.82) is 0 Å². The van der Waals surface area contributed by atoms with E-state index in [9.17, 15) is 14.4 Å². The third-order valence-electron chi connectivity index (χ3n) is 4.06. The maximum absolute atomic E-state index is 12.9. The molecule has 0 atom stereocenters. The van der Waals surface area contributed by atoms with Gasteiger partial charge in [0.25, 0.3) is 0 Å². The summed E-state index contributed by atoms with van der Waals surface area (Å²) in [5.74, 6) is -0.758. The lowest BCUT2D eigenvalue weighted by Crippen LogP contribution is -2.32. The van der Waals surface area contributed by atoms with Gasteiger partial charge in [0.2, 0.25) is 0 Å². The molecular formula is C20H22N2O5. The fraction of sp³-hybridized carbons (Fsp3) is 0.350. The van der Waals surface area contributed by atoms with E-state index in [1.54, 1.807) is 39.8 Å². The summed E-state index contributed by atoms with van der Waals surface area (Å²) in [6.07, 6.45) is -0.629. The Morgan fingerprint density at radius 1 is 1.15 bits per heavy atom. The van der Waals surface area contributed by atoms with Crippen LogP contribution in [0.4, 0.5) is 4.79 Å². The number of H-pyrrole nitrogens is 1. The minimum atomic E-state index is -0.653. The highest BCUT2D eigenvalue weighted by atomic mass is 16.6. The van der Waals surface area contributed by atoms with Crippen molar-refractivity contribution in [1.82, 2.24) is 10.3 Å². The molecule has 3 rings (SSSR count). The Bertz CT molecular complexity index is 921. The Labute approximate surface area is 157 Å². The molecule has 0 saturated carbocycles. The smallest absolute Gasteiger partial charge is 0.407 e. The van der Waals surface area contributed by atoms with Crippen molar-refractivity contribution in [3.63, 3.8) is 0 Å². The lowest BCUT2D eigenvalue weighted by Gasteiger charge is -2.19. The molecule has 1 aliphatic rings. The molecule has 1 aliphatic carbocycles. The van der Waals surface area contributed by atoms with Gasteiger partial charge < -0.3 is 19.8 Å². The number of ether oxygens (including phenoxy) is 2. The molecular weight excluding hydrogens is 348 g/mol. The molecule has 0 unspecified atom stereocenters. The van der Waals surface area contributed by atoms with Crippen LogP contribution in [0.3, 0.4) is 0 Å². The Morgan fingerprint density at radius 3 is 2.44 bits per heavy atom. The van der Waals surface area contributed by atoms with Gasteiger partial charge in [-0.2, -0.15) is 0 Å². The van der Waals surface area contributed by atoms with E-state index < -0.39 is 17.7 Å². The van der Waals surface area contributed by atoms with Crippen LogP contribution in [0.15, 0.2) is 24.3 Å². The molecule has 0 bridgehead atoms. The molecule has 2 aromatic rings. The Hall–Kier alpha value is -3.09. The van der Waals surface area contributed by atoms with Crippen molar-refractivity contribution in [2.24, 2.45) is 0 Å². The zero-order chi connectivity index (χ0) is 19.8. The largest absolute Gasteiger partial charge is 0.461 e. The van der Waals surface area contributed by atoms with Crippen molar-refractivity contribution in [2.75, 3.05) is 6.61 Å². The average Bonchev–Trinajstić information content (AvgIpc) is 3.09. The number of alkyl carbamates (subject to hydrolysis) is 1. The molecule has 0 aliphatic heterocycles. The third-order valence-corrected chi connectivity index (χ3v) is 4.06. The van der Waals surface area contributed by atoms with Gasteiger partial charge in [-0.1, -0.05) is 24.3 Å². The monoisotopic (exact) mass is 370 g/mol. The van der Waals surface area contributed by atoms with Crippen molar-refractivity contribution < 1.29 is 23.9 Å². The number of carbonyl (C=O) groups is 3. The number of carbonyl (C=O) groups excluding carboxylic acids is 3. The van der Waals surface area contributed by atoms with Crippen LogP contribution < -0.4 is 5.32 Å². The number of ketones is 1. The van der Waals surface area contributed by atoms with Crippen LogP contribution in [0.5, 0.6) is 0 Å². The summed E-state index contributed by atoms with van der Waals surface area (Å²) in [4.78, 5) is 40.2. The van der Waals surface area contributed by atoms with E-state index in [4.69, 9.17) is 9.47 Å². The zero-order valence-electron chi connectivity index (χ0n) is 15.8. The van der Waals surface area contributed by atoms with Crippen LogP contribution in [0, 0.1) is 0 Å². The molecule has 1 aromatic heterocycles. The van der Waals surface area contributed by atoms with E-state index in [2.05, 4.69) is 10.3 Å². The highest BCUT2D eigenvalue weighted by Crippen LogP contribution is 2.39. The van der Waals surface area contributed by atoms with Gasteiger partial charge in [0.05, 0.1) is 17.9 Å². The molecule has 0 radical (unpaired) electrons. The van der Waals surface area contributed by atoms with Crippen LogP contribution in [0.1, 0.15) is 59.7 Å². The number of aromatic amines is 1.